The third kappa shape index (κ3) is 2.82. The minimum atomic E-state index is -0.00814. The standard InChI is InChI=1S/C19H25N3O2/c1-21-16-8-4-3-7-14(16)11-17(21)19(23)20-15-12-24-13-18(15)22-9-5-2-6-10-22/h3-4,7-8,11,15,18H,2,5-6,9-10,12-13H2,1H3,(H,20,23)/t15-,18-/m1/s1. The zero-order chi connectivity index (χ0) is 16.5. The molecule has 24 heavy (non-hydrogen) atoms. The van der Waals surface area contributed by atoms with Gasteiger partial charge in [-0.05, 0) is 38.1 Å². The summed E-state index contributed by atoms with van der Waals surface area (Å²) in [7, 11) is 1.95. The molecule has 2 aromatic rings. The zero-order valence-corrected chi connectivity index (χ0v) is 14.2. The summed E-state index contributed by atoms with van der Waals surface area (Å²) >= 11 is 0. The molecule has 4 rings (SSSR count). The van der Waals surface area contributed by atoms with Gasteiger partial charge in [0.2, 0.25) is 0 Å². The minimum Gasteiger partial charge on any atom is -0.378 e. The molecule has 0 unspecified atom stereocenters. The molecule has 2 saturated heterocycles. The van der Waals surface area contributed by atoms with Crippen LogP contribution in [-0.2, 0) is 11.8 Å². The predicted octanol–water partition coefficient (Wildman–Crippen LogP) is 2.16. The van der Waals surface area contributed by atoms with E-state index in [1.165, 1.54) is 19.3 Å². The largest absolute Gasteiger partial charge is 0.378 e. The van der Waals surface area contributed by atoms with Crippen LogP contribution in [0.3, 0.4) is 0 Å². The summed E-state index contributed by atoms with van der Waals surface area (Å²) in [5.41, 5.74) is 1.79. The van der Waals surface area contributed by atoms with Gasteiger partial charge in [0.05, 0.1) is 25.3 Å². The molecule has 0 bridgehead atoms. The molecule has 1 aromatic carbocycles. The summed E-state index contributed by atoms with van der Waals surface area (Å²) in [5.74, 6) is -0.00814. The first-order valence-electron chi connectivity index (χ1n) is 8.91. The van der Waals surface area contributed by atoms with E-state index < -0.39 is 0 Å². The Hall–Kier alpha value is -1.85. The van der Waals surface area contributed by atoms with Gasteiger partial charge >= 0.3 is 0 Å². The van der Waals surface area contributed by atoms with Crippen molar-refractivity contribution >= 4 is 16.8 Å². The number of ether oxygens (including phenoxy) is 1. The summed E-state index contributed by atoms with van der Waals surface area (Å²) in [6.45, 7) is 3.57. The van der Waals surface area contributed by atoms with E-state index >= 15 is 0 Å². The molecule has 0 radical (unpaired) electrons. The second-order valence-electron chi connectivity index (χ2n) is 6.93. The Labute approximate surface area is 142 Å². The molecule has 1 amide bonds. The van der Waals surface area contributed by atoms with Gasteiger partial charge in [0.15, 0.2) is 0 Å². The number of hydrogen-bond donors (Lipinski definition) is 1. The van der Waals surface area contributed by atoms with E-state index in [2.05, 4.69) is 10.2 Å². The molecule has 5 nitrogen and oxygen atoms in total. The highest BCUT2D eigenvalue weighted by Gasteiger charge is 2.35. The van der Waals surface area contributed by atoms with Crippen LogP contribution in [0.2, 0.25) is 0 Å². The van der Waals surface area contributed by atoms with E-state index in [4.69, 9.17) is 4.74 Å². The van der Waals surface area contributed by atoms with Crippen molar-refractivity contribution in [3.05, 3.63) is 36.0 Å². The van der Waals surface area contributed by atoms with Crippen molar-refractivity contribution in [3.8, 4) is 0 Å². The summed E-state index contributed by atoms with van der Waals surface area (Å²) in [6, 6.07) is 10.4. The molecule has 2 atom stereocenters. The van der Waals surface area contributed by atoms with Crippen LogP contribution in [-0.4, -0.2) is 53.8 Å². The van der Waals surface area contributed by atoms with Crippen molar-refractivity contribution in [1.29, 1.82) is 0 Å². The van der Waals surface area contributed by atoms with Crippen molar-refractivity contribution in [3.63, 3.8) is 0 Å². The highest BCUT2D eigenvalue weighted by molar-refractivity contribution is 5.98. The molecule has 1 N–H and O–H groups in total. The van der Waals surface area contributed by atoms with E-state index in [0.29, 0.717) is 18.3 Å². The molecular formula is C19H25N3O2. The van der Waals surface area contributed by atoms with Crippen LogP contribution in [0.5, 0.6) is 0 Å². The van der Waals surface area contributed by atoms with Gasteiger partial charge in [0, 0.05) is 18.0 Å². The molecule has 1 aromatic heterocycles. The number of aromatic nitrogens is 1. The minimum absolute atomic E-state index is 0.00814. The number of para-hydroxylation sites is 1. The monoisotopic (exact) mass is 327 g/mol. The molecule has 2 aliphatic heterocycles. The zero-order valence-electron chi connectivity index (χ0n) is 14.2. The fourth-order valence-electron chi connectivity index (χ4n) is 4.04. The van der Waals surface area contributed by atoms with Crippen LogP contribution < -0.4 is 5.32 Å². The van der Waals surface area contributed by atoms with Crippen LogP contribution in [0.1, 0.15) is 29.8 Å². The summed E-state index contributed by atoms with van der Waals surface area (Å²) in [5, 5.41) is 4.32. The topological polar surface area (TPSA) is 46.5 Å². The summed E-state index contributed by atoms with van der Waals surface area (Å²) in [4.78, 5) is 15.3. The molecule has 2 aliphatic rings. The number of benzene rings is 1. The lowest BCUT2D eigenvalue weighted by Gasteiger charge is -2.34. The molecule has 2 fully saturated rings. The number of fused-ring (bicyclic) bond motifs is 1. The number of likely N-dealkylation sites (tertiary alicyclic amines) is 1. The number of rotatable bonds is 3. The first-order chi connectivity index (χ1) is 11.7. The number of carbonyl (C=O) groups excluding carboxylic acids is 1. The second-order valence-corrected chi connectivity index (χ2v) is 6.93. The smallest absolute Gasteiger partial charge is 0.268 e. The van der Waals surface area contributed by atoms with Crippen molar-refractivity contribution in [2.75, 3.05) is 26.3 Å². The molecule has 0 aliphatic carbocycles. The van der Waals surface area contributed by atoms with E-state index in [9.17, 15) is 4.79 Å². The number of carbonyl (C=O) groups is 1. The normalized spacial score (nSPS) is 25.2. The number of piperidine rings is 1. The van der Waals surface area contributed by atoms with Gasteiger partial charge in [-0.1, -0.05) is 24.6 Å². The van der Waals surface area contributed by atoms with Crippen LogP contribution in [0.25, 0.3) is 10.9 Å². The quantitative estimate of drug-likeness (QED) is 0.940. The van der Waals surface area contributed by atoms with Gasteiger partial charge in [0.25, 0.3) is 5.91 Å². The van der Waals surface area contributed by atoms with E-state index in [-0.39, 0.29) is 11.9 Å². The number of hydrogen-bond acceptors (Lipinski definition) is 3. The van der Waals surface area contributed by atoms with Gasteiger partial charge in [-0.2, -0.15) is 0 Å². The molecule has 5 heteroatoms. The lowest BCUT2D eigenvalue weighted by atomic mass is 10.0. The Kier molecular flexibility index (Phi) is 4.29. The van der Waals surface area contributed by atoms with E-state index in [0.717, 1.165) is 30.6 Å². The van der Waals surface area contributed by atoms with Crippen molar-refractivity contribution in [1.82, 2.24) is 14.8 Å². The van der Waals surface area contributed by atoms with Crippen molar-refractivity contribution < 1.29 is 9.53 Å². The van der Waals surface area contributed by atoms with Crippen LogP contribution in [0.15, 0.2) is 30.3 Å². The fourth-order valence-corrected chi connectivity index (χ4v) is 4.04. The van der Waals surface area contributed by atoms with Gasteiger partial charge < -0.3 is 14.6 Å². The number of amides is 1. The lowest BCUT2D eigenvalue weighted by Crippen LogP contribution is -2.52. The second kappa shape index (κ2) is 6.57. The van der Waals surface area contributed by atoms with Gasteiger partial charge in [-0.15, -0.1) is 0 Å². The summed E-state index contributed by atoms with van der Waals surface area (Å²) < 4.78 is 7.65. The Balaban J connectivity index is 1.51. The lowest BCUT2D eigenvalue weighted by molar-refractivity contribution is 0.0892. The van der Waals surface area contributed by atoms with E-state index in [1.807, 2.05) is 41.9 Å². The highest BCUT2D eigenvalue weighted by atomic mass is 16.5. The SMILES string of the molecule is Cn1c(C(=O)N[C@@H]2COC[C@H]2N2CCCCC2)cc2ccccc21. The first kappa shape index (κ1) is 15.7. The predicted molar refractivity (Wildman–Crippen MR) is 94.2 cm³/mol. The Bertz CT molecular complexity index is 733. The van der Waals surface area contributed by atoms with Gasteiger partial charge in [0.1, 0.15) is 5.69 Å². The average Bonchev–Trinajstić information content (AvgIpc) is 3.21. The Morgan fingerprint density at radius 1 is 1.17 bits per heavy atom. The molecule has 0 saturated carbocycles. The first-order valence-corrected chi connectivity index (χ1v) is 8.91. The molecule has 3 heterocycles. The van der Waals surface area contributed by atoms with Crippen LogP contribution in [0.4, 0.5) is 0 Å². The van der Waals surface area contributed by atoms with E-state index in [1.54, 1.807) is 0 Å². The number of aryl methyl sites for hydroxylation is 1. The van der Waals surface area contributed by atoms with Crippen molar-refractivity contribution in [2.45, 2.75) is 31.3 Å². The fraction of sp³-hybridized carbons (Fsp3) is 0.526. The number of nitrogens with zero attached hydrogens (tertiary/aromatic N) is 2. The van der Waals surface area contributed by atoms with Crippen LogP contribution in [0, 0.1) is 0 Å². The Morgan fingerprint density at radius 3 is 2.75 bits per heavy atom. The van der Waals surface area contributed by atoms with Gasteiger partial charge in [-0.3, -0.25) is 9.69 Å². The molecular weight excluding hydrogens is 302 g/mol. The number of nitrogens with one attached hydrogen (secondary N) is 1. The van der Waals surface area contributed by atoms with Gasteiger partial charge in [-0.25, -0.2) is 0 Å². The maximum absolute atomic E-state index is 12.8. The third-order valence-electron chi connectivity index (χ3n) is 5.41. The molecule has 0 spiro atoms. The maximum Gasteiger partial charge on any atom is 0.268 e. The third-order valence-corrected chi connectivity index (χ3v) is 5.41. The van der Waals surface area contributed by atoms with Crippen molar-refractivity contribution in [2.24, 2.45) is 7.05 Å². The highest BCUT2D eigenvalue weighted by Crippen LogP contribution is 2.21. The average molecular weight is 327 g/mol. The summed E-state index contributed by atoms with van der Waals surface area (Å²) in [6.07, 6.45) is 3.82. The molecule has 128 valence electrons. The maximum atomic E-state index is 12.8. The van der Waals surface area contributed by atoms with Crippen LogP contribution >= 0.6 is 0 Å². The Morgan fingerprint density at radius 2 is 1.96 bits per heavy atom.